The summed E-state index contributed by atoms with van der Waals surface area (Å²) in [5, 5.41) is 5.49. The van der Waals surface area contributed by atoms with E-state index in [0.717, 1.165) is 5.56 Å². The first-order valence-electron chi connectivity index (χ1n) is 9.05. The Kier molecular flexibility index (Phi) is 8.31. The number of carbonyl (C=O) groups is 2. The van der Waals surface area contributed by atoms with Gasteiger partial charge in [0.2, 0.25) is 0 Å². The Balaban J connectivity index is 1.69. The van der Waals surface area contributed by atoms with Gasteiger partial charge in [0, 0.05) is 26.7 Å². The van der Waals surface area contributed by atoms with Crippen LogP contribution in [0.4, 0.5) is 0 Å². The number of nitrogens with zero attached hydrogens (tertiary/aromatic N) is 1. The van der Waals surface area contributed by atoms with Crippen LogP contribution in [0.1, 0.15) is 21.5 Å². The topological polar surface area (TPSA) is 67.8 Å². The number of nitrogens with one attached hydrogen (secondary N) is 1. The molecule has 0 unspecified atom stereocenters. The number of hydrogen-bond donors (Lipinski definition) is 1. The first-order valence-corrected chi connectivity index (χ1v) is 10.6. The maximum atomic E-state index is 12.3. The zero-order chi connectivity index (χ0) is 23.1. The van der Waals surface area contributed by atoms with E-state index in [1.54, 1.807) is 36.4 Å². The minimum Gasteiger partial charge on any atom is -0.423 e. The first kappa shape index (κ1) is 23.8. The van der Waals surface area contributed by atoms with Crippen LogP contribution >= 0.6 is 46.4 Å². The summed E-state index contributed by atoms with van der Waals surface area (Å²) >= 11 is 23.7. The Hall–Kier alpha value is -2.83. The van der Waals surface area contributed by atoms with Crippen LogP contribution in [0.25, 0.3) is 6.08 Å². The van der Waals surface area contributed by atoms with E-state index in [1.165, 1.54) is 42.6 Å². The van der Waals surface area contributed by atoms with Crippen molar-refractivity contribution >= 4 is 70.6 Å². The van der Waals surface area contributed by atoms with Crippen molar-refractivity contribution in [2.45, 2.75) is 0 Å². The molecule has 0 saturated carbocycles. The Bertz CT molecular complexity index is 1210. The maximum Gasteiger partial charge on any atom is 0.336 e. The normalized spacial score (nSPS) is 11.1. The van der Waals surface area contributed by atoms with E-state index in [-0.39, 0.29) is 16.3 Å². The lowest BCUT2D eigenvalue weighted by molar-refractivity contribution is -0.128. The smallest absolute Gasteiger partial charge is 0.336 e. The van der Waals surface area contributed by atoms with E-state index in [1.807, 2.05) is 0 Å². The molecule has 0 aliphatic rings. The summed E-state index contributed by atoms with van der Waals surface area (Å²) in [6, 6.07) is 16.1. The summed E-state index contributed by atoms with van der Waals surface area (Å²) in [7, 11) is 0. The van der Waals surface area contributed by atoms with Crippen LogP contribution in [-0.4, -0.2) is 18.1 Å². The van der Waals surface area contributed by atoms with E-state index >= 15 is 0 Å². The summed E-state index contributed by atoms with van der Waals surface area (Å²) < 4.78 is 5.37. The van der Waals surface area contributed by atoms with Gasteiger partial charge in [-0.15, -0.1) is 0 Å². The van der Waals surface area contributed by atoms with Crippen molar-refractivity contribution in [1.29, 1.82) is 0 Å². The largest absolute Gasteiger partial charge is 0.423 e. The molecule has 0 atom stereocenters. The molecule has 0 heterocycles. The highest BCUT2D eigenvalue weighted by Crippen LogP contribution is 2.23. The average molecular weight is 508 g/mol. The number of halogens is 4. The van der Waals surface area contributed by atoms with Gasteiger partial charge in [-0.05, 0) is 60.2 Å². The van der Waals surface area contributed by atoms with Gasteiger partial charge in [-0.3, -0.25) is 4.79 Å². The van der Waals surface area contributed by atoms with Gasteiger partial charge in [0.25, 0.3) is 5.91 Å². The SMILES string of the molecule is O=C(/C=C/c1ccc(Cl)cc1)Oc1ccc(Cl)cc1/C=N/NC(=O)c1ccc(Cl)cc1Cl. The van der Waals surface area contributed by atoms with E-state index in [9.17, 15) is 9.59 Å². The zero-order valence-corrected chi connectivity index (χ0v) is 19.2. The molecule has 1 N–H and O–H groups in total. The number of carbonyl (C=O) groups excluding carboxylic acids is 2. The van der Waals surface area contributed by atoms with Crippen molar-refractivity contribution in [3.63, 3.8) is 0 Å². The molecular formula is C23H14Cl4N2O3. The van der Waals surface area contributed by atoms with Crippen LogP contribution in [0.5, 0.6) is 5.75 Å². The second-order valence-corrected chi connectivity index (χ2v) is 8.03. The molecule has 5 nitrogen and oxygen atoms in total. The summed E-state index contributed by atoms with van der Waals surface area (Å²) in [6.07, 6.45) is 4.18. The van der Waals surface area contributed by atoms with Gasteiger partial charge < -0.3 is 4.74 Å². The van der Waals surface area contributed by atoms with Gasteiger partial charge in [0.15, 0.2) is 0 Å². The second-order valence-electron chi connectivity index (χ2n) is 6.31. The highest BCUT2D eigenvalue weighted by atomic mass is 35.5. The lowest BCUT2D eigenvalue weighted by atomic mass is 10.2. The molecule has 1 amide bonds. The highest BCUT2D eigenvalue weighted by Gasteiger charge is 2.11. The Morgan fingerprint density at radius 1 is 0.844 bits per heavy atom. The fourth-order valence-corrected chi connectivity index (χ4v) is 3.29. The van der Waals surface area contributed by atoms with Gasteiger partial charge in [-0.1, -0.05) is 58.5 Å². The summed E-state index contributed by atoms with van der Waals surface area (Å²) in [6.45, 7) is 0. The molecule has 32 heavy (non-hydrogen) atoms. The molecule has 3 aromatic rings. The fourth-order valence-electron chi connectivity index (χ4n) is 2.49. The molecule has 0 fully saturated rings. The van der Waals surface area contributed by atoms with E-state index in [4.69, 9.17) is 51.1 Å². The molecule has 0 aliphatic heterocycles. The third-order valence-corrected chi connectivity index (χ3v) is 5.04. The van der Waals surface area contributed by atoms with Crippen LogP contribution < -0.4 is 10.2 Å². The molecule has 9 heteroatoms. The highest BCUT2D eigenvalue weighted by molar-refractivity contribution is 6.36. The number of ether oxygens (including phenoxy) is 1. The second kappa shape index (κ2) is 11.2. The van der Waals surface area contributed by atoms with Crippen molar-refractivity contribution in [2.75, 3.05) is 0 Å². The van der Waals surface area contributed by atoms with Crippen molar-refractivity contribution < 1.29 is 14.3 Å². The van der Waals surface area contributed by atoms with Gasteiger partial charge in [0.1, 0.15) is 5.75 Å². The molecule has 0 radical (unpaired) electrons. The molecule has 0 aliphatic carbocycles. The molecule has 3 rings (SSSR count). The summed E-state index contributed by atoms with van der Waals surface area (Å²) in [5.41, 5.74) is 3.73. The minimum atomic E-state index is -0.603. The van der Waals surface area contributed by atoms with Crippen LogP contribution in [0.3, 0.4) is 0 Å². The van der Waals surface area contributed by atoms with Gasteiger partial charge in [0.05, 0.1) is 16.8 Å². The van der Waals surface area contributed by atoms with E-state index in [0.29, 0.717) is 20.6 Å². The fraction of sp³-hybridized carbons (Fsp3) is 0. The number of rotatable bonds is 6. The van der Waals surface area contributed by atoms with Crippen molar-refractivity contribution in [3.05, 3.63) is 104 Å². The first-order chi connectivity index (χ1) is 15.3. The van der Waals surface area contributed by atoms with Crippen molar-refractivity contribution in [1.82, 2.24) is 5.43 Å². The molecule has 0 bridgehead atoms. The lowest BCUT2D eigenvalue weighted by Crippen LogP contribution is -2.18. The molecular weight excluding hydrogens is 494 g/mol. The summed E-state index contributed by atoms with van der Waals surface area (Å²) in [4.78, 5) is 24.5. The quantitative estimate of drug-likeness (QED) is 0.133. The number of hydrogen-bond acceptors (Lipinski definition) is 4. The third-order valence-electron chi connectivity index (χ3n) is 4.01. The van der Waals surface area contributed by atoms with E-state index in [2.05, 4.69) is 10.5 Å². The predicted octanol–water partition coefficient (Wildman–Crippen LogP) is 6.68. The molecule has 0 saturated heterocycles. The van der Waals surface area contributed by atoms with Gasteiger partial charge in [-0.25, -0.2) is 10.2 Å². The standard InChI is InChI=1S/C23H14Cl4N2O3/c24-16-4-1-14(2-5-16)3-10-22(30)32-21-9-7-17(25)11-15(21)13-28-29-23(31)19-8-6-18(26)12-20(19)27/h1-13H,(H,29,31)/b10-3+,28-13+. The van der Waals surface area contributed by atoms with E-state index < -0.39 is 11.9 Å². The van der Waals surface area contributed by atoms with Crippen LogP contribution in [0, 0.1) is 0 Å². The van der Waals surface area contributed by atoms with Crippen LogP contribution in [0.2, 0.25) is 20.1 Å². The zero-order valence-electron chi connectivity index (χ0n) is 16.2. The monoisotopic (exact) mass is 506 g/mol. The Labute approximate surface area is 204 Å². The van der Waals surface area contributed by atoms with Crippen LogP contribution in [-0.2, 0) is 4.79 Å². The number of hydrazone groups is 1. The minimum absolute atomic E-state index is 0.190. The predicted molar refractivity (Wildman–Crippen MR) is 129 cm³/mol. The molecule has 0 spiro atoms. The number of amides is 1. The van der Waals surface area contributed by atoms with Crippen LogP contribution in [0.15, 0.2) is 71.8 Å². The molecule has 162 valence electrons. The number of esters is 1. The van der Waals surface area contributed by atoms with Crippen molar-refractivity contribution in [3.8, 4) is 5.75 Å². The molecule has 3 aromatic carbocycles. The third kappa shape index (κ3) is 6.84. The lowest BCUT2D eigenvalue weighted by Gasteiger charge is -2.06. The average Bonchev–Trinajstić information content (AvgIpc) is 2.75. The number of benzene rings is 3. The Morgan fingerprint density at radius 2 is 1.50 bits per heavy atom. The van der Waals surface area contributed by atoms with Crippen molar-refractivity contribution in [2.24, 2.45) is 5.10 Å². The van der Waals surface area contributed by atoms with Gasteiger partial charge in [-0.2, -0.15) is 5.10 Å². The maximum absolute atomic E-state index is 12.3. The summed E-state index contributed by atoms with van der Waals surface area (Å²) in [5.74, 6) is -0.925. The van der Waals surface area contributed by atoms with Gasteiger partial charge >= 0.3 is 5.97 Å². The molecule has 0 aromatic heterocycles. The Morgan fingerprint density at radius 3 is 2.22 bits per heavy atom.